The Balaban J connectivity index is 1.89. The van der Waals surface area contributed by atoms with Crippen LogP contribution in [0.2, 0.25) is 0 Å². The highest BCUT2D eigenvalue weighted by Crippen LogP contribution is 2.29. The molecule has 144 valence electrons. The highest BCUT2D eigenvalue weighted by molar-refractivity contribution is 7.89. The van der Waals surface area contributed by atoms with Crippen LogP contribution in [0.25, 0.3) is 22.2 Å². The third-order valence-corrected chi connectivity index (χ3v) is 6.92. The van der Waals surface area contributed by atoms with Crippen molar-refractivity contribution in [3.05, 3.63) is 59.7 Å². The molecule has 0 aliphatic carbocycles. The van der Waals surface area contributed by atoms with Crippen LogP contribution in [-0.4, -0.2) is 41.9 Å². The van der Waals surface area contributed by atoms with Crippen molar-refractivity contribution in [2.24, 2.45) is 0 Å². The number of aromatic carboxylic acids is 1. The normalized spacial score (nSPS) is 15.2. The monoisotopic (exact) mass is 396 g/mol. The topological polar surface area (TPSA) is 87.6 Å². The van der Waals surface area contributed by atoms with Crippen LogP contribution in [0.4, 0.5) is 0 Å². The van der Waals surface area contributed by atoms with Crippen molar-refractivity contribution in [2.45, 2.75) is 24.7 Å². The number of pyridine rings is 1. The second-order valence-electron chi connectivity index (χ2n) is 7.02. The molecule has 4 rings (SSSR count). The third-order valence-electron chi connectivity index (χ3n) is 5.03. The van der Waals surface area contributed by atoms with Gasteiger partial charge in [0.05, 0.1) is 21.7 Å². The van der Waals surface area contributed by atoms with Gasteiger partial charge in [-0.2, -0.15) is 4.31 Å². The van der Waals surface area contributed by atoms with E-state index >= 15 is 0 Å². The second kappa shape index (κ2) is 7.00. The average molecular weight is 396 g/mol. The molecule has 0 bridgehead atoms. The van der Waals surface area contributed by atoms with E-state index < -0.39 is 16.0 Å². The molecule has 1 aliphatic heterocycles. The van der Waals surface area contributed by atoms with E-state index in [-0.39, 0.29) is 10.5 Å². The summed E-state index contributed by atoms with van der Waals surface area (Å²) in [5.41, 5.74) is 2.90. The standard InChI is InChI=1S/C21H20N2O4S/c1-14-5-4-6-15(11-14)20-13-18(21(24)25)17-12-16(7-8-19(17)22-20)28(26,27)23-9-2-3-10-23/h4-8,11-13H,2-3,9-10H2,1H3,(H,24,25). The highest BCUT2D eigenvalue weighted by Gasteiger charge is 2.28. The van der Waals surface area contributed by atoms with Crippen molar-refractivity contribution in [1.82, 2.24) is 9.29 Å². The second-order valence-corrected chi connectivity index (χ2v) is 8.96. The van der Waals surface area contributed by atoms with E-state index in [0.29, 0.717) is 29.7 Å². The minimum atomic E-state index is -3.63. The number of nitrogens with zero attached hydrogens (tertiary/aromatic N) is 2. The summed E-state index contributed by atoms with van der Waals surface area (Å²) in [6.07, 6.45) is 1.68. The van der Waals surface area contributed by atoms with E-state index in [9.17, 15) is 18.3 Å². The van der Waals surface area contributed by atoms with Gasteiger partial charge in [0.15, 0.2) is 0 Å². The Kier molecular flexibility index (Phi) is 4.64. The van der Waals surface area contributed by atoms with E-state index in [0.717, 1.165) is 24.0 Å². The van der Waals surface area contributed by atoms with Crippen molar-refractivity contribution in [3.63, 3.8) is 0 Å². The molecule has 0 unspecified atom stereocenters. The molecule has 6 nitrogen and oxygen atoms in total. The molecule has 0 radical (unpaired) electrons. The summed E-state index contributed by atoms with van der Waals surface area (Å²) in [7, 11) is -3.63. The zero-order chi connectivity index (χ0) is 19.9. The van der Waals surface area contributed by atoms with Crippen LogP contribution in [0, 0.1) is 6.92 Å². The smallest absolute Gasteiger partial charge is 0.336 e. The van der Waals surface area contributed by atoms with E-state index in [1.54, 1.807) is 6.07 Å². The molecule has 1 aromatic heterocycles. The molecule has 1 aliphatic rings. The maximum absolute atomic E-state index is 12.8. The SMILES string of the molecule is Cc1cccc(-c2cc(C(=O)O)c3cc(S(=O)(=O)N4CCCC4)ccc3n2)c1. The molecule has 7 heteroatoms. The molecule has 0 amide bonds. The lowest BCUT2D eigenvalue weighted by molar-refractivity contribution is 0.0699. The fourth-order valence-corrected chi connectivity index (χ4v) is 5.12. The van der Waals surface area contributed by atoms with Gasteiger partial charge in [-0.15, -0.1) is 0 Å². The fourth-order valence-electron chi connectivity index (χ4n) is 3.57. The van der Waals surface area contributed by atoms with Gasteiger partial charge in [0.25, 0.3) is 0 Å². The minimum Gasteiger partial charge on any atom is -0.478 e. The molecule has 1 N–H and O–H groups in total. The molecule has 2 heterocycles. The fraction of sp³-hybridized carbons (Fsp3) is 0.238. The van der Waals surface area contributed by atoms with Gasteiger partial charge in [-0.3, -0.25) is 0 Å². The molecule has 0 atom stereocenters. The quantitative estimate of drug-likeness (QED) is 0.727. The van der Waals surface area contributed by atoms with Gasteiger partial charge in [0.1, 0.15) is 0 Å². The van der Waals surface area contributed by atoms with Crippen LogP contribution in [0.5, 0.6) is 0 Å². The zero-order valence-electron chi connectivity index (χ0n) is 15.4. The number of carbonyl (C=O) groups is 1. The molecule has 2 aromatic carbocycles. The van der Waals surface area contributed by atoms with Crippen molar-refractivity contribution < 1.29 is 18.3 Å². The number of hydrogen-bond acceptors (Lipinski definition) is 4. The maximum Gasteiger partial charge on any atom is 0.336 e. The Morgan fingerprint density at radius 2 is 1.82 bits per heavy atom. The van der Waals surface area contributed by atoms with Gasteiger partial charge in [-0.25, -0.2) is 18.2 Å². The first-order chi connectivity index (χ1) is 13.4. The number of sulfonamides is 1. The Labute approximate surface area is 163 Å². The van der Waals surface area contributed by atoms with Crippen LogP contribution in [0.15, 0.2) is 53.4 Å². The first kappa shape index (κ1) is 18.6. The minimum absolute atomic E-state index is 0.0416. The van der Waals surface area contributed by atoms with Crippen LogP contribution in [0.3, 0.4) is 0 Å². The molecule has 0 spiro atoms. The van der Waals surface area contributed by atoms with Crippen molar-refractivity contribution in [3.8, 4) is 11.3 Å². The van der Waals surface area contributed by atoms with Crippen LogP contribution in [0.1, 0.15) is 28.8 Å². The van der Waals surface area contributed by atoms with Crippen LogP contribution >= 0.6 is 0 Å². The Bertz CT molecular complexity index is 1180. The molecular formula is C21H20N2O4S. The number of carboxylic acid groups (broad SMARTS) is 1. The van der Waals surface area contributed by atoms with E-state index in [4.69, 9.17) is 0 Å². The van der Waals surface area contributed by atoms with Crippen molar-refractivity contribution in [2.75, 3.05) is 13.1 Å². The van der Waals surface area contributed by atoms with E-state index in [1.165, 1.54) is 22.5 Å². The van der Waals surface area contributed by atoms with Crippen LogP contribution < -0.4 is 0 Å². The average Bonchev–Trinajstić information content (AvgIpc) is 3.22. The lowest BCUT2D eigenvalue weighted by atomic mass is 10.0. The lowest BCUT2D eigenvalue weighted by Crippen LogP contribution is -2.27. The van der Waals surface area contributed by atoms with Gasteiger partial charge in [0.2, 0.25) is 10.0 Å². The summed E-state index contributed by atoms with van der Waals surface area (Å²) >= 11 is 0. The molecule has 28 heavy (non-hydrogen) atoms. The number of fused-ring (bicyclic) bond motifs is 1. The number of rotatable bonds is 4. The maximum atomic E-state index is 12.8. The van der Waals surface area contributed by atoms with Gasteiger partial charge in [-0.05, 0) is 50.1 Å². The molecule has 1 fully saturated rings. The Morgan fingerprint density at radius 1 is 1.07 bits per heavy atom. The highest BCUT2D eigenvalue weighted by atomic mass is 32.2. The number of aryl methyl sites for hydroxylation is 1. The number of aromatic nitrogens is 1. The van der Waals surface area contributed by atoms with Gasteiger partial charge in [0, 0.05) is 24.0 Å². The summed E-state index contributed by atoms with van der Waals surface area (Å²) in [6.45, 7) is 2.95. The van der Waals surface area contributed by atoms with E-state index in [1.807, 2.05) is 31.2 Å². The summed E-state index contributed by atoms with van der Waals surface area (Å²) in [5.74, 6) is -1.11. The zero-order valence-corrected chi connectivity index (χ0v) is 16.2. The predicted molar refractivity (Wildman–Crippen MR) is 107 cm³/mol. The summed E-state index contributed by atoms with van der Waals surface area (Å²) in [5, 5.41) is 10.0. The molecular weight excluding hydrogens is 376 g/mol. The van der Waals surface area contributed by atoms with Crippen molar-refractivity contribution >= 4 is 26.9 Å². The summed E-state index contributed by atoms with van der Waals surface area (Å²) in [6, 6.07) is 13.7. The van der Waals surface area contributed by atoms with Gasteiger partial charge in [-0.1, -0.05) is 23.8 Å². The first-order valence-corrected chi connectivity index (χ1v) is 10.6. The Hall–Kier alpha value is -2.77. The molecule has 1 saturated heterocycles. The first-order valence-electron chi connectivity index (χ1n) is 9.11. The number of hydrogen-bond donors (Lipinski definition) is 1. The van der Waals surface area contributed by atoms with Gasteiger partial charge >= 0.3 is 5.97 Å². The van der Waals surface area contributed by atoms with Crippen molar-refractivity contribution in [1.29, 1.82) is 0 Å². The van der Waals surface area contributed by atoms with Gasteiger partial charge < -0.3 is 5.11 Å². The predicted octanol–water partition coefficient (Wildman–Crippen LogP) is 3.69. The van der Waals surface area contributed by atoms with Crippen LogP contribution in [-0.2, 0) is 10.0 Å². The Morgan fingerprint density at radius 3 is 2.50 bits per heavy atom. The summed E-state index contributed by atoms with van der Waals surface area (Å²) in [4.78, 5) is 16.6. The van der Waals surface area contributed by atoms with E-state index in [2.05, 4.69) is 4.98 Å². The molecule has 0 saturated carbocycles. The largest absolute Gasteiger partial charge is 0.478 e. The molecule has 3 aromatic rings. The number of benzene rings is 2. The summed E-state index contributed by atoms with van der Waals surface area (Å²) < 4.78 is 27.1. The lowest BCUT2D eigenvalue weighted by Gasteiger charge is -2.16. The third kappa shape index (κ3) is 3.27. The number of carboxylic acids is 1.